The Labute approximate surface area is 160 Å². The van der Waals surface area contributed by atoms with Crippen molar-refractivity contribution in [1.29, 1.82) is 0 Å². The Morgan fingerprint density at radius 2 is 1.52 bits per heavy atom. The number of amides is 1. The summed E-state index contributed by atoms with van der Waals surface area (Å²) >= 11 is 0. The molecule has 0 atom stereocenters. The second-order valence-electron chi connectivity index (χ2n) is 6.37. The zero-order valence-corrected chi connectivity index (χ0v) is 15.8. The number of ether oxygens (including phenoxy) is 2. The lowest BCUT2D eigenvalue weighted by Crippen LogP contribution is -2.12. The predicted molar refractivity (Wildman–Crippen MR) is 110 cm³/mol. The van der Waals surface area contributed by atoms with Crippen LogP contribution in [-0.2, 0) is 0 Å². The Morgan fingerprint density at radius 3 is 2.26 bits per heavy atom. The van der Waals surface area contributed by atoms with Gasteiger partial charge in [-0.25, -0.2) is 0 Å². The smallest absolute Gasteiger partial charge is 0.255 e. The SMILES string of the molecule is CCCOc1ccc(NC(=O)c2ccc3ccccc3c2)cc1OCCC. The van der Waals surface area contributed by atoms with E-state index in [-0.39, 0.29) is 5.91 Å². The van der Waals surface area contributed by atoms with E-state index in [4.69, 9.17) is 9.47 Å². The fourth-order valence-electron chi connectivity index (χ4n) is 2.78. The Bertz CT molecular complexity index is 920. The normalized spacial score (nSPS) is 10.6. The third kappa shape index (κ3) is 4.79. The van der Waals surface area contributed by atoms with Gasteiger partial charge in [0.25, 0.3) is 5.91 Å². The van der Waals surface area contributed by atoms with E-state index in [2.05, 4.69) is 19.2 Å². The molecule has 0 fully saturated rings. The molecule has 0 aliphatic rings. The molecule has 0 spiro atoms. The molecule has 0 saturated heterocycles. The Hall–Kier alpha value is -3.01. The molecule has 0 aliphatic carbocycles. The van der Waals surface area contributed by atoms with Gasteiger partial charge in [-0.1, -0.05) is 44.2 Å². The average molecular weight is 363 g/mol. The second-order valence-corrected chi connectivity index (χ2v) is 6.37. The molecule has 3 aromatic rings. The van der Waals surface area contributed by atoms with E-state index in [1.54, 1.807) is 0 Å². The van der Waals surface area contributed by atoms with Crippen molar-refractivity contribution in [2.24, 2.45) is 0 Å². The van der Waals surface area contributed by atoms with Crippen molar-refractivity contribution >= 4 is 22.4 Å². The molecule has 140 valence electrons. The summed E-state index contributed by atoms with van der Waals surface area (Å²) in [6, 6.07) is 19.2. The van der Waals surface area contributed by atoms with Gasteiger partial charge in [0.1, 0.15) is 0 Å². The second kappa shape index (κ2) is 9.08. The van der Waals surface area contributed by atoms with E-state index >= 15 is 0 Å². The topological polar surface area (TPSA) is 47.6 Å². The van der Waals surface area contributed by atoms with Crippen LogP contribution in [0.25, 0.3) is 10.8 Å². The minimum atomic E-state index is -0.149. The summed E-state index contributed by atoms with van der Waals surface area (Å²) in [5.74, 6) is 1.21. The number of carbonyl (C=O) groups excluding carboxylic acids is 1. The minimum Gasteiger partial charge on any atom is -0.490 e. The van der Waals surface area contributed by atoms with Gasteiger partial charge >= 0.3 is 0 Å². The number of anilines is 1. The Kier molecular flexibility index (Phi) is 6.31. The zero-order valence-electron chi connectivity index (χ0n) is 15.8. The first-order valence-electron chi connectivity index (χ1n) is 9.41. The molecule has 0 unspecified atom stereocenters. The molecule has 27 heavy (non-hydrogen) atoms. The maximum atomic E-state index is 12.7. The van der Waals surface area contributed by atoms with Gasteiger partial charge in [0.15, 0.2) is 11.5 Å². The summed E-state index contributed by atoms with van der Waals surface area (Å²) in [7, 11) is 0. The van der Waals surface area contributed by atoms with Gasteiger partial charge in [-0.3, -0.25) is 4.79 Å². The summed E-state index contributed by atoms with van der Waals surface area (Å²) in [5.41, 5.74) is 1.30. The molecule has 0 radical (unpaired) electrons. The summed E-state index contributed by atoms with van der Waals surface area (Å²) in [5, 5.41) is 5.10. The number of hydrogen-bond acceptors (Lipinski definition) is 3. The quantitative estimate of drug-likeness (QED) is 0.561. The van der Waals surface area contributed by atoms with Gasteiger partial charge < -0.3 is 14.8 Å². The molecule has 0 aromatic heterocycles. The molecule has 0 heterocycles. The Morgan fingerprint density at radius 1 is 0.815 bits per heavy atom. The zero-order chi connectivity index (χ0) is 19.1. The summed E-state index contributed by atoms with van der Waals surface area (Å²) < 4.78 is 11.5. The molecule has 4 nitrogen and oxygen atoms in total. The van der Waals surface area contributed by atoms with Crippen molar-refractivity contribution in [3.8, 4) is 11.5 Å². The standard InChI is InChI=1S/C23H25NO3/c1-3-13-26-21-12-11-20(16-22(21)27-14-4-2)24-23(25)19-10-9-17-7-5-6-8-18(17)15-19/h5-12,15-16H,3-4,13-14H2,1-2H3,(H,24,25). The highest BCUT2D eigenvalue weighted by Gasteiger charge is 2.11. The van der Waals surface area contributed by atoms with Gasteiger partial charge in [-0.05, 0) is 47.9 Å². The number of rotatable bonds is 8. The highest BCUT2D eigenvalue weighted by atomic mass is 16.5. The first-order chi connectivity index (χ1) is 13.2. The van der Waals surface area contributed by atoms with Crippen LogP contribution in [0.3, 0.4) is 0 Å². The molecule has 0 aliphatic heterocycles. The number of fused-ring (bicyclic) bond motifs is 1. The molecule has 1 N–H and O–H groups in total. The van der Waals surface area contributed by atoms with Gasteiger partial charge in [-0.2, -0.15) is 0 Å². The summed E-state index contributed by atoms with van der Waals surface area (Å²) in [6.45, 7) is 5.35. The van der Waals surface area contributed by atoms with Gasteiger partial charge in [0.05, 0.1) is 13.2 Å². The van der Waals surface area contributed by atoms with E-state index in [1.807, 2.05) is 60.7 Å². The highest BCUT2D eigenvalue weighted by Crippen LogP contribution is 2.31. The van der Waals surface area contributed by atoms with Gasteiger partial charge in [0.2, 0.25) is 0 Å². The average Bonchev–Trinajstić information content (AvgIpc) is 2.71. The van der Waals surface area contributed by atoms with Crippen molar-refractivity contribution in [2.45, 2.75) is 26.7 Å². The first kappa shape index (κ1) is 18.8. The molecule has 4 heteroatoms. The molecular formula is C23H25NO3. The van der Waals surface area contributed by atoms with E-state index in [0.29, 0.717) is 36.0 Å². The van der Waals surface area contributed by atoms with Crippen molar-refractivity contribution in [3.05, 3.63) is 66.2 Å². The number of hydrogen-bond donors (Lipinski definition) is 1. The summed E-state index contributed by atoms with van der Waals surface area (Å²) in [4.78, 5) is 12.7. The van der Waals surface area contributed by atoms with E-state index in [9.17, 15) is 4.79 Å². The number of carbonyl (C=O) groups is 1. The fourth-order valence-corrected chi connectivity index (χ4v) is 2.78. The van der Waals surface area contributed by atoms with Crippen LogP contribution in [0.4, 0.5) is 5.69 Å². The molecule has 1 amide bonds. The maximum Gasteiger partial charge on any atom is 0.255 e. The van der Waals surface area contributed by atoms with Gasteiger partial charge in [-0.15, -0.1) is 0 Å². The van der Waals surface area contributed by atoms with Crippen LogP contribution >= 0.6 is 0 Å². The van der Waals surface area contributed by atoms with Crippen LogP contribution < -0.4 is 14.8 Å². The van der Waals surface area contributed by atoms with Crippen LogP contribution in [0.1, 0.15) is 37.0 Å². The molecule has 3 rings (SSSR count). The van der Waals surface area contributed by atoms with E-state index < -0.39 is 0 Å². The monoisotopic (exact) mass is 363 g/mol. The van der Waals surface area contributed by atoms with Crippen LogP contribution in [-0.4, -0.2) is 19.1 Å². The Balaban J connectivity index is 1.79. The van der Waals surface area contributed by atoms with Crippen molar-refractivity contribution in [2.75, 3.05) is 18.5 Å². The van der Waals surface area contributed by atoms with E-state index in [1.165, 1.54) is 0 Å². The lowest BCUT2D eigenvalue weighted by molar-refractivity contribution is 0.102. The molecule has 0 bridgehead atoms. The van der Waals surface area contributed by atoms with Crippen LogP contribution in [0, 0.1) is 0 Å². The van der Waals surface area contributed by atoms with Crippen molar-refractivity contribution < 1.29 is 14.3 Å². The molecular weight excluding hydrogens is 338 g/mol. The number of nitrogens with one attached hydrogen (secondary N) is 1. The van der Waals surface area contributed by atoms with Crippen LogP contribution in [0.5, 0.6) is 11.5 Å². The predicted octanol–water partition coefficient (Wildman–Crippen LogP) is 5.67. The largest absolute Gasteiger partial charge is 0.490 e. The van der Waals surface area contributed by atoms with Crippen LogP contribution in [0.2, 0.25) is 0 Å². The van der Waals surface area contributed by atoms with Gasteiger partial charge in [0, 0.05) is 17.3 Å². The van der Waals surface area contributed by atoms with Crippen molar-refractivity contribution in [1.82, 2.24) is 0 Å². The van der Waals surface area contributed by atoms with Crippen molar-refractivity contribution in [3.63, 3.8) is 0 Å². The lowest BCUT2D eigenvalue weighted by atomic mass is 10.1. The lowest BCUT2D eigenvalue weighted by Gasteiger charge is -2.14. The summed E-state index contributed by atoms with van der Waals surface area (Å²) in [6.07, 6.45) is 1.83. The van der Waals surface area contributed by atoms with Crippen LogP contribution in [0.15, 0.2) is 60.7 Å². The third-order valence-electron chi connectivity index (χ3n) is 4.14. The third-order valence-corrected chi connectivity index (χ3v) is 4.14. The first-order valence-corrected chi connectivity index (χ1v) is 9.41. The van der Waals surface area contributed by atoms with E-state index in [0.717, 1.165) is 23.6 Å². The molecule has 0 saturated carbocycles. The fraction of sp³-hybridized carbons (Fsp3) is 0.261. The number of benzene rings is 3. The highest BCUT2D eigenvalue weighted by molar-refractivity contribution is 6.06. The molecule has 3 aromatic carbocycles. The minimum absolute atomic E-state index is 0.149. The maximum absolute atomic E-state index is 12.7.